The van der Waals surface area contributed by atoms with E-state index in [9.17, 15) is 4.79 Å². The van der Waals surface area contributed by atoms with Crippen LogP contribution in [0.1, 0.15) is 30.1 Å². The third kappa shape index (κ3) is 4.36. The van der Waals surface area contributed by atoms with Crippen LogP contribution in [0, 0.1) is 5.92 Å². The van der Waals surface area contributed by atoms with Gasteiger partial charge in [-0.1, -0.05) is 6.92 Å². The molecule has 1 saturated heterocycles. The van der Waals surface area contributed by atoms with Crippen molar-refractivity contribution in [3.8, 4) is 11.5 Å². The Morgan fingerprint density at radius 1 is 1.33 bits per heavy atom. The van der Waals surface area contributed by atoms with Crippen LogP contribution in [-0.2, 0) is 0 Å². The van der Waals surface area contributed by atoms with E-state index in [1.165, 1.54) is 12.8 Å². The van der Waals surface area contributed by atoms with E-state index in [1.807, 2.05) is 0 Å². The van der Waals surface area contributed by atoms with Crippen LogP contribution in [0.3, 0.4) is 0 Å². The molecule has 21 heavy (non-hydrogen) atoms. The second-order valence-electron chi connectivity index (χ2n) is 5.60. The lowest BCUT2D eigenvalue weighted by atomic mass is 9.99. The summed E-state index contributed by atoms with van der Waals surface area (Å²) in [4.78, 5) is 13.6. The molecular weight excluding hydrogens is 268 g/mol. The Morgan fingerprint density at radius 3 is 2.67 bits per heavy atom. The summed E-state index contributed by atoms with van der Waals surface area (Å²) in [6, 6.07) is 4.98. The number of carbonyl (C=O) groups is 1. The molecule has 116 valence electrons. The molecule has 1 aliphatic rings. The number of nitrogens with two attached hydrogens (primary N) is 1. The van der Waals surface area contributed by atoms with Gasteiger partial charge >= 0.3 is 0 Å². The van der Waals surface area contributed by atoms with Crippen LogP contribution < -0.4 is 15.2 Å². The summed E-state index contributed by atoms with van der Waals surface area (Å²) in [7, 11) is 1.58. The van der Waals surface area contributed by atoms with Crippen molar-refractivity contribution in [3.05, 3.63) is 23.8 Å². The highest BCUT2D eigenvalue weighted by molar-refractivity contribution is 5.93. The minimum absolute atomic E-state index is 0.428. The highest BCUT2D eigenvalue weighted by Crippen LogP contribution is 2.28. The molecule has 2 N–H and O–H groups in total. The molecule has 0 bridgehead atoms. The smallest absolute Gasteiger partial charge is 0.248 e. The van der Waals surface area contributed by atoms with E-state index < -0.39 is 5.91 Å². The largest absolute Gasteiger partial charge is 0.493 e. The van der Waals surface area contributed by atoms with Crippen molar-refractivity contribution in [2.24, 2.45) is 11.7 Å². The number of primary amides is 1. The van der Waals surface area contributed by atoms with Crippen molar-refractivity contribution in [2.75, 3.05) is 33.4 Å². The molecule has 1 heterocycles. The average molecular weight is 292 g/mol. The lowest BCUT2D eigenvalue weighted by molar-refractivity contribution is 0.0999. The summed E-state index contributed by atoms with van der Waals surface area (Å²) in [6.45, 7) is 6.02. The van der Waals surface area contributed by atoms with Gasteiger partial charge in [-0.2, -0.15) is 0 Å². The lowest BCUT2D eigenvalue weighted by Crippen LogP contribution is -2.35. The quantitative estimate of drug-likeness (QED) is 0.870. The fourth-order valence-corrected chi connectivity index (χ4v) is 2.51. The van der Waals surface area contributed by atoms with Crippen molar-refractivity contribution in [1.82, 2.24) is 4.90 Å². The number of ether oxygens (including phenoxy) is 2. The van der Waals surface area contributed by atoms with Gasteiger partial charge < -0.3 is 15.2 Å². The second kappa shape index (κ2) is 7.31. The Bertz CT molecular complexity index is 482. The molecule has 0 unspecified atom stereocenters. The van der Waals surface area contributed by atoms with Crippen LogP contribution in [0.4, 0.5) is 0 Å². The SMILES string of the molecule is COc1ccc(C(N)=O)cc1OCCN1CCC(C)CC1. The zero-order chi connectivity index (χ0) is 15.2. The molecule has 1 fully saturated rings. The van der Waals surface area contributed by atoms with E-state index in [-0.39, 0.29) is 0 Å². The molecule has 0 radical (unpaired) electrons. The third-order valence-electron chi connectivity index (χ3n) is 3.99. The molecule has 1 amide bonds. The maximum absolute atomic E-state index is 11.2. The summed E-state index contributed by atoms with van der Waals surface area (Å²) in [6.07, 6.45) is 2.50. The first-order valence-corrected chi connectivity index (χ1v) is 7.43. The Hall–Kier alpha value is -1.75. The molecule has 0 aliphatic carbocycles. The minimum atomic E-state index is -0.465. The molecule has 1 aromatic carbocycles. The van der Waals surface area contributed by atoms with Gasteiger partial charge in [0.05, 0.1) is 7.11 Å². The van der Waals surface area contributed by atoms with Gasteiger partial charge in [-0.05, 0) is 50.0 Å². The molecule has 1 aromatic rings. The maximum Gasteiger partial charge on any atom is 0.248 e. The Morgan fingerprint density at radius 2 is 2.05 bits per heavy atom. The van der Waals surface area contributed by atoms with Gasteiger partial charge in [0.1, 0.15) is 6.61 Å². The van der Waals surface area contributed by atoms with Crippen molar-refractivity contribution >= 4 is 5.91 Å². The van der Waals surface area contributed by atoms with E-state index >= 15 is 0 Å². The van der Waals surface area contributed by atoms with Crippen molar-refractivity contribution < 1.29 is 14.3 Å². The summed E-state index contributed by atoms with van der Waals surface area (Å²) >= 11 is 0. The topological polar surface area (TPSA) is 64.8 Å². The normalized spacial score (nSPS) is 16.7. The highest BCUT2D eigenvalue weighted by atomic mass is 16.5. The molecule has 0 saturated carbocycles. The predicted octanol–water partition coefficient (Wildman–Crippen LogP) is 1.90. The average Bonchev–Trinajstić information content (AvgIpc) is 2.49. The summed E-state index contributed by atoms with van der Waals surface area (Å²) in [5, 5.41) is 0. The zero-order valence-corrected chi connectivity index (χ0v) is 12.8. The summed E-state index contributed by atoms with van der Waals surface area (Å²) in [5.74, 6) is 1.55. The summed E-state index contributed by atoms with van der Waals surface area (Å²) < 4.78 is 11.0. The van der Waals surface area contributed by atoms with Crippen LogP contribution in [0.25, 0.3) is 0 Å². The molecule has 5 nitrogen and oxygen atoms in total. The third-order valence-corrected chi connectivity index (χ3v) is 3.99. The van der Waals surface area contributed by atoms with Crippen molar-refractivity contribution in [3.63, 3.8) is 0 Å². The van der Waals surface area contributed by atoms with Gasteiger partial charge in [-0.25, -0.2) is 0 Å². The fraction of sp³-hybridized carbons (Fsp3) is 0.562. The maximum atomic E-state index is 11.2. The standard InChI is InChI=1S/C16H24N2O3/c1-12-5-7-18(8-6-12)9-10-21-15-11-13(16(17)19)3-4-14(15)20-2/h3-4,11-12H,5-10H2,1-2H3,(H2,17,19). The molecule has 0 aromatic heterocycles. The molecule has 0 atom stereocenters. The molecule has 2 rings (SSSR count). The van der Waals surface area contributed by atoms with Gasteiger partial charge in [-0.3, -0.25) is 9.69 Å². The van der Waals surface area contributed by atoms with Crippen LogP contribution >= 0.6 is 0 Å². The second-order valence-corrected chi connectivity index (χ2v) is 5.60. The number of rotatable bonds is 6. The predicted molar refractivity (Wildman–Crippen MR) is 81.8 cm³/mol. The minimum Gasteiger partial charge on any atom is -0.493 e. The monoisotopic (exact) mass is 292 g/mol. The number of likely N-dealkylation sites (tertiary alicyclic amines) is 1. The number of hydrogen-bond donors (Lipinski definition) is 1. The first-order valence-electron chi connectivity index (χ1n) is 7.43. The first-order chi connectivity index (χ1) is 10.1. The molecule has 1 aliphatic heterocycles. The number of nitrogens with zero attached hydrogens (tertiary/aromatic N) is 1. The number of piperidine rings is 1. The van der Waals surface area contributed by atoms with E-state index in [1.54, 1.807) is 25.3 Å². The number of carbonyl (C=O) groups excluding carboxylic acids is 1. The Balaban J connectivity index is 1.89. The Labute approximate surface area is 126 Å². The van der Waals surface area contributed by atoms with Crippen LogP contribution in [0.2, 0.25) is 0 Å². The van der Waals surface area contributed by atoms with E-state index in [4.69, 9.17) is 15.2 Å². The number of methoxy groups -OCH3 is 1. The van der Waals surface area contributed by atoms with Crippen LogP contribution in [0.5, 0.6) is 11.5 Å². The summed E-state index contributed by atoms with van der Waals surface area (Å²) in [5.41, 5.74) is 5.72. The molecule has 5 heteroatoms. The van der Waals surface area contributed by atoms with Crippen molar-refractivity contribution in [2.45, 2.75) is 19.8 Å². The van der Waals surface area contributed by atoms with Gasteiger partial charge in [0.2, 0.25) is 5.91 Å². The number of amides is 1. The van der Waals surface area contributed by atoms with Gasteiger partial charge in [0, 0.05) is 12.1 Å². The van der Waals surface area contributed by atoms with Gasteiger partial charge in [-0.15, -0.1) is 0 Å². The molecular formula is C16H24N2O3. The van der Waals surface area contributed by atoms with Crippen LogP contribution in [0.15, 0.2) is 18.2 Å². The number of hydrogen-bond acceptors (Lipinski definition) is 4. The highest BCUT2D eigenvalue weighted by Gasteiger charge is 2.15. The molecule has 0 spiro atoms. The number of benzene rings is 1. The lowest BCUT2D eigenvalue weighted by Gasteiger charge is -2.30. The van der Waals surface area contributed by atoms with Crippen molar-refractivity contribution in [1.29, 1.82) is 0 Å². The van der Waals surface area contributed by atoms with E-state index in [0.29, 0.717) is 23.7 Å². The van der Waals surface area contributed by atoms with Crippen LogP contribution in [-0.4, -0.2) is 44.2 Å². The first kappa shape index (κ1) is 15.6. The Kier molecular flexibility index (Phi) is 5.44. The van der Waals surface area contributed by atoms with Gasteiger partial charge in [0.25, 0.3) is 0 Å². The van der Waals surface area contributed by atoms with E-state index in [0.717, 1.165) is 25.6 Å². The van der Waals surface area contributed by atoms with E-state index in [2.05, 4.69) is 11.8 Å². The fourth-order valence-electron chi connectivity index (χ4n) is 2.51. The zero-order valence-electron chi connectivity index (χ0n) is 12.8. The van der Waals surface area contributed by atoms with Gasteiger partial charge in [0.15, 0.2) is 11.5 Å².